The summed E-state index contributed by atoms with van der Waals surface area (Å²) in [6.07, 6.45) is 0.786. The lowest BCUT2D eigenvalue weighted by Crippen LogP contribution is -2.43. The second-order valence-corrected chi connectivity index (χ2v) is 6.14. The number of hydrogen-bond acceptors (Lipinski definition) is 6. The topological polar surface area (TPSA) is 110 Å². The Kier molecular flexibility index (Phi) is 8.12. The van der Waals surface area contributed by atoms with Crippen LogP contribution in [0.2, 0.25) is 5.02 Å². The molecule has 29 heavy (non-hydrogen) atoms. The summed E-state index contributed by atoms with van der Waals surface area (Å²) in [6, 6.07) is 11.3. The highest BCUT2D eigenvalue weighted by molar-refractivity contribution is 6.32. The standard InChI is InChI=1S/C20H20ClN3O5/c1-3-8-28-19-15(21)9-14(10-17(19)27-2)20(26)24-23-18(25)12-29-16-7-5-4-6-13(16)11-22/h4-7,9-10H,3,8,12H2,1-2H3,(H,23,25)(H,24,26). The second-order valence-electron chi connectivity index (χ2n) is 5.74. The molecular weight excluding hydrogens is 398 g/mol. The van der Waals surface area contributed by atoms with Gasteiger partial charge in [-0.1, -0.05) is 30.7 Å². The van der Waals surface area contributed by atoms with Crippen molar-refractivity contribution in [1.29, 1.82) is 5.26 Å². The largest absolute Gasteiger partial charge is 0.493 e. The smallest absolute Gasteiger partial charge is 0.276 e. The van der Waals surface area contributed by atoms with Crippen molar-refractivity contribution >= 4 is 23.4 Å². The SMILES string of the molecule is CCCOc1c(Cl)cc(C(=O)NNC(=O)COc2ccccc2C#N)cc1OC. The number of hydrazine groups is 1. The number of ether oxygens (including phenoxy) is 3. The van der Waals surface area contributed by atoms with Crippen LogP contribution in [0.3, 0.4) is 0 Å². The Morgan fingerprint density at radius 2 is 1.90 bits per heavy atom. The number of rotatable bonds is 8. The Bertz CT molecular complexity index is 927. The number of nitriles is 1. The van der Waals surface area contributed by atoms with E-state index >= 15 is 0 Å². The van der Waals surface area contributed by atoms with Crippen LogP contribution in [-0.4, -0.2) is 32.1 Å². The van der Waals surface area contributed by atoms with Gasteiger partial charge in [-0.2, -0.15) is 5.26 Å². The van der Waals surface area contributed by atoms with Crippen molar-refractivity contribution in [2.45, 2.75) is 13.3 Å². The van der Waals surface area contributed by atoms with Crippen LogP contribution in [0.25, 0.3) is 0 Å². The number of amides is 2. The normalized spacial score (nSPS) is 9.86. The van der Waals surface area contributed by atoms with E-state index in [1.807, 2.05) is 13.0 Å². The first-order chi connectivity index (χ1) is 14.0. The molecule has 9 heteroatoms. The minimum atomic E-state index is -0.605. The fourth-order valence-corrected chi connectivity index (χ4v) is 2.52. The van der Waals surface area contributed by atoms with Crippen LogP contribution in [0.5, 0.6) is 17.2 Å². The predicted octanol–water partition coefficient (Wildman–Crippen LogP) is 2.85. The molecule has 2 N–H and O–H groups in total. The van der Waals surface area contributed by atoms with Gasteiger partial charge in [0.2, 0.25) is 0 Å². The van der Waals surface area contributed by atoms with E-state index in [4.69, 9.17) is 31.1 Å². The van der Waals surface area contributed by atoms with Gasteiger partial charge in [0, 0.05) is 5.56 Å². The Balaban J connectivity index is 1.95. The van der Waals surface area contributed by atoms with Crippen molar-refractivity contribution in [2.75, 3.05) is 20.3 Å². The number of methoxy groups -OCH3 is 1. The first kappa shape index (κ1) is 21.9. The van der Waals surface area contributed by atoms with E-state index in [0.717, 1.165) is 6.42 Å². The number of benzene rings is 2. The van der Waals surface area contributed by atoms with Crippen LogP contribution in [0, 0.1) is 11.3 Å². The third kappa shape index (κ3) is 6.02. The first-order valence-corrected chi connectivity index (χ1v) is 9.09. The van der Waals surface area contributed by atoms with E-state index in [2.05, 4.69) is 10.9 Å². The van der Waals surface area contributed by atoms with Gasteiger partial charge >= 0.3 is 0 Å². The van der Waals surface area contributed by atoms with Gasteiger partial charge in [-0.25, -0.2) is 0 Å². The van der Waals surface area contributed by atoms with Gasteiger partial charge in [-0.3, -0.25) is 20.4 Å². The summed E-state index contributed by atoms with van der Waals surface area (Å²) in [7, 11) is 1.43. The monoisotopic (exact) mass is 417 g/mol. The van der Waals surface area contributed by atoms with Gasteiger partial charge in [0.1, 0.15) is 11.8 Å². The van der Waals surface area contributed by atoms with Gasteiger partial charge in [-0.05, 0) is 30.7 Å². The third-order valence-corrected chi connectivity index (χ3v) is 3.90. The predicted molar refractivity (Wildman–Crippen MR) is 106 cm³/mol. The van der Waals surface area contributed by atoms with E-state index < -0.39 is 11.8 Å². The zero-order valence-electron chi connectivity index (χ0n) is 16.0. The summed E-state index contributed by atoms with van der Waals surface area (Å²) < 4.78 is 16.1. The van der Waals surface area contributed by atoms with Gasteiger partial charge in [0.25, 0.3) is 11.8 Å². The van der Waals surface area contributed by atoms with Crippen molar-refractivity contribution < 1.29 is 23.8 Å². The summed E-state index contributed by atoms with van der Waals surface area (Å²) in [5, 5.41) is 9.21. The molecule has 152 valence electrons. The highest BCUT2D eigenvalue weighted by atomic mass is 35.5. The number of carbonyl (C=O) groups is 2. The van der Waals surface area contributed by atoms with Crippen molar-refractivity contribution in [2.24, 2.45) is 0 Å². The van der Waals surface area contributed by atoms with Crippen molar-refractivity contribution in [3.63, 3.8) is 0 Å². The van der Waals surface area contributed by atoms with Crippen LogP contribution in [0.4, 0.5) is 0 Å². The zero-order chi connectivity index (χ0) is 21.2. The van der Waals surface area contributed by atoms with Crippen molar-refractivity contribution in [3.8, 4) is 23.3 Å². The summed E-state index contributed by atoms with van der Waals surface area (Å²) in [5.41, 5.74) is 4.97. The van der Waals surface area contributed by atoms with E-state index in [9.17, 15) is 9.59 Å². The lowest BCUT2D eigenvalue weighted by atomic mass is 10.2. The van der Waals surface area contributed by atoms with Crippen molar-refractivity contribution in [1.82, 2.24) is 10.9 Å². The number of halogens is 1. The highest BCUT2D eigenvalue weighted by Gasteiger charge is 2.16. The van der Waals surface area contributed by atoms with E-state index in [1.54, 1.807) is 24.3 Å². The molecule has 0 aliphatic rings. The number of carbonyl (C=O) groups excluding carboxylic acids is 2. The number of nitrogens with zero attached hydrogens (tertiary/aromatic N) is 1. The molecule has 0 saturated heterocycles. The van der Waals surface area contributed by atoms with Crippen LogP contribution < -0.4 is 25.1 Å². The van der Waals surface area contributed by atoms with E-state index in [1.165, 1.54) is 19.2 Å². The molecule has 2 aromatic carbocycles. The molecule has 2 amide bonds. The quantitative estimate of drug-likeness (QED) is 0.639. The average molecular weight is 418 g/mol. The molecule has 2 rings (SSSR count). The van der Waals surface area contributed by atoms with Crippen LogP contribution in [0.15, 0.2) is 36.4 Å². The lowest BCUT2D eigenvalue weighted by molar-refractivity contribution is -0.123. The van der Waals surface area contributed by atoms with Gasteiger partial charge in [-0.15, -0.1) is 0 Å². The third-order valence-electron chi connectivity index (χ3n) is 3.62. The van der Waals surface area contributed by atoms with Crippen LogP contribution >= 0.6 is 11.6 Å². The molecule has 0 radical (unpaired) electrons. The molecule has 0 aromatic heterocycles. The maximum atomic E-state index is 12.3. The van der Waals surface area contributed by atoms with Gasteiger partial charge < -0.3 is 14.2 Å². The Morgan fingerprint density at radius 3 is 2.59 bits per heavy atom. The minimum Gasteiger partial charge on any atom is -0.493 e. The molecule has 0 spiro atoms. The number of para-hydroxylation sites is 1. The average Bonchev–Trinajstić information content (AvgIpc) is 2.74. The lowest BCUT2D eigenvalue weighted by Gasteiger charge is -2.14. The maximum absolute atomic E-state index is 12.3. The van der Waals surface area contributed by atoms with Crippen LogP contribution in [0.1, 0.15) is 29.3 Å². The molecule has 0 atom stereocenters. The fraction of sp³-hybridized carbons (Fsp3) is 0.250. The van der Waals surface area contributed by atoms with Crippen LogP contribution in [-0.2, 0) is 4.79 Å². The molecule has 0 unspecified atom stereocenters. The zero-order valence-corrected chi connectivity index (χ0v) is 16.7. The molecular formula is C20H20ClN3O5. The molecule has 0 aliphatic heterocycles. The molecule has 2 aromatic rings. The molecule has 0 saturated carbocycles. The molecule has 0 bridgehead atoms. The Hall–Kier alpha value is -3.44. The summed E-state index contributed by atoms with van der Waals surface area (Å²) in [4.78, 5) is 24.2. The number of hydrogen-bond donors (Lipinski definition) is 2. The van der Waals surface area contributed by atoms with E-state index in [0.29, 0.717) is 23.7 Å². The molecule has 0 fully saturated rings. The highest BCUT2D eigenvalue weighted by Crippen LogP contribution is 2.36. The fourth-order valence-electron chi connectivity index (χ4n) is 2.26. The Labute approximate surface area is 173 Å². The molecule has 8 nitrogen and oxygen atoms in total. The first-order valence-electron chi connectivity index (χ1n) is 8.71. The van der Waals surface area contributed by atoms with Gasteiger partial charge in [0.15, 0.2) is 18.1 Å². The molecule has 0 aliphatic carbocycles. The maximum Gasteiger partial charge on any atom is 0.276 e. The van der Waals surface area contributed by atoms with E-state index in [-0.39, 0.29) is 22.9 Å². The summed E-state index contributed by atoms with van der Waals surface area (Å²) in [5.74, 6) is -0.277. The van der Waals surface area contributed by atoms with Gasteiger partial charge in [0.05, 0.1) is 24.3 Å². The second kappa shape index (κ2) is 10.8. The van der Waals surface area contributed by atoms with Crippen molar-refractivity contribution in [3.05, 3.63) is 52.5 Å². The minimum absolute atomic E-state index is 0.173. The summed E-state index contributed by atoms with van der Waals surface area (Å²) >= 11 is 6.18. The Morgan fingerprint density at radius 1 is 1.14 bits per heavy atom. The number of nitrogens with one attached hydrogen (secondary N) is 2. The summed E-state index contributed by atoms with van der Waals surface area (Å²) in [6.45, 7) is 2.02. The molecule has 0 heterocycles.